The topological polar surface area (TPSA) is 52.6 Å². The first-order valence-corrected chi connectivity index (χ1v) is 5.07. The lowest BCUT2D eigenvalue weighted by Crippen LogP contribution is -2.28. The highest BCUT2D eigenvalue weighted by Crippen LogP contribution is 2.07. The van der Waals surface area contributed by atoms with Crippen molar-refractivity contribution in [3.63, 3.8) is 0 Å². The van der Waals surface area contributed by atoms with Crippen molar-refractivity contribution in [2.24, 2.45) is 0 Å². The van der Waals surface area contributed by atoms with Crippen molar-refractivity contribution in [2.75, 3.05) is 6.61 Å². The highest BCUT2D eigenvalue weighted by molar-refractivity contribution is 5.76. The monoisotopic (exact) mass is 222 g/mol. The van der Waals surface area contributed by atoms with E-state index in [9.17, 15) is 9.59 Å². The summed E-state index contributed by atoms with van der Waals surface area (Å²) in [7, 11) is 0. The third-order valence-electron chi connectivity index (χ3n) is 2.03. The second-order valence-corrected chi connectivity index (χ2v) is 3.16. The molecule has 0 radical (unpaired) electrons. The summed E-state index contributed by atoms with van der Waals surface area (Å²) >= 11 is 0. The Labute approximate surface area is 94.2 Å². The van der Waals surface area contributed by atoms with Crippen LogP contribution in [0.2, 0.25) is 0 Å². The third-order valence-corrected chi connectivity index (χ3v) is 2.03. The molecular weight excluding hydrogens is 208 g/mol. The fraction of sp³-hybridized carbons (Fsp3) is 0.333. The van der Waals surface area contributed by atoms with Gasteiger partial charge in [-0.25, -0.2) is 4.79 Å². The molecule has 0 spiro atoms. The Hall–Kier alpha value is -1.84. The van der Waals surface area contributed by atoms with E-state index >= 15 is 0 Å². The van der Waals surface area contributed by atoms with Gasteiger partial charge in [0.15, 0.2) is 0 Å². The number of carbonyl (C=O) groups excluding carboxylic acids is 2. The maximum atomic E-state index is 11.4. The Morgan fingerprint density at radius 2 is 2.06 bits per heavy atom. The molecule has 4 heteroatoms. The molecule has 0 aromatic heterocycles. The molecule has 0 heterocycles. The first-order valence-electron chi connectivity index (χ1n) is 5.07. The molecule has 0 amide bonds. The van der Waals surface area contributed by atoms with Crippen LogP contribution in [0.1, 0.15) is 12.5 Å². The van der Waals surface area contributed by atoms with Gasteiger partial charge in [-0.15, -0.1) is 0 Å². The number of hydrogen-bond acceptors (Lipinski definition) is 4. The smallest absolute Gasteiger partial charge is 0.347 e. The summed E-state index contributed by atoms with van der Waals surface area (Å²) in [4.78, 5) is 21.7. The van der Waals surface area contributed by atoms with Gasteiger partial charge in [-0.1, -0.05) is 30.3 Å². The van der Waals surface area contributed by atoms with Crippen LogP contribution in [0.4, 0.5) is 0 Å². The molecule has 0 aliphatic carbocycles. The van der Waals surface area contributed by atoms with Gasteiger partial charge in [0.05, 0.1) is 6.61 Å². The van der Waals surface area contributed by atoms with E-state index in [4.69, 9.17) is 9.47 Å². The van der Waals surface area contributed by atoms with E-state index in [0.29, 0.717) is 6.42 Å². The van der Waals surface area contributed by atoms with Crippen LogP contribution < -0.4 is 0 Å². The predicted molar refractivity (Wildman–Crippen MR) is 57.7 cm³/mol. The first-order chi connectivity index (χ1) is 7.77. The standard InChI is InChI=1S/C12H14O4/c1-2-15-12(14)11(16-9-13)8-10-6-4-3-5-7-10/h3-7,9,11H,2,8H2,1H3. The molecule has 0 saturated heterocycles. The van der Waals surface area contributed by atoms with Crippen molar-refractivity contribution in [1.29, 1.82) is 0 Å². The third kappa shape index (κ3) is 3.73. The zero-order valence-corrected chi connectivity index (χ0v) is 9.09. The van der Waals surface area contributed by atoms with E-state index in [2.05, 4.69) is 0 Å². The second kappa shape index (κ2) is 6.61. The Bertz CT molecular complexity index is 334. The molecule has 1 unspecified atom stereocenters. The molecule has 1 aromatic rings. The maximum absolute atomic E-state index is 11.4. The van der Waals surface area contributed by atoms with Gasteiger partial charge in [0.1, 0.15) is 0 Å². The summed E-state index contributed by atoms with van der Waals surface area (Å²) in [6.45, 7) is 2.25. The van der Waals surface area contributed by atoms with Gasteiger partial charge in [0, 0.05) is 6.42 Å². The molecule has 4 nitrogen and oxygen atoms in total. The van der Waals surface area contributed by atoms with Crippen molar-refractivity contribution < 1.29 is 19.1 Å². The lowest BCUT2D eigenvalue weighted by Gasteiger charge is -2.13. The lowest BCUT2D eigenvalue weighted by molar-refractivity contribution is -0.161. The predicted octanol–water partition coefficient (Wildman–Crippen LogP) is 1.33. The largest absolute Gasteiger partial charge is 0.463 e. The van der Waals surface area contributed by atoms with Crippen LogP contribution in [0.5, 0.6) is 0 Å². The molecule has 0 fully saturated rings. The molecule has 1 aromatic carbocycles. The molecule has 0 aliphatic heterocycles. The number of hydrogen-bond donors (Lipinski definition) is 0. The van der Waals surface area contributed by atoms with Crippen molar-refractivity contribution in [3.8, 4) is 0 Å². The molecule has 1 rings (SSSR count). The number of carbonyl (C=O) groups is 2. The molecular formula is C12H14O4. The van der Waals surface area contributed by atoms with Gasteiger partial charge in [-0.05, 0) is 12.5 Å². The molecule has 0 N–H and O–H groups in total. The molecule has 0 saturated carbocycles. The maximum Gasteiger partial charge on any atom is 0.347 e. The summed E-state index contributed by atoms with van der Waals surface area (Å²) in [6.07, 6.45) is -0.529. The van der Waals surface area contributed by atoms with Gasteiger partial charge >= 0.3 is 5.97 Å². The Morgan fingerprint density at radius 3 is 2.62 bits per heavy atom. The van der Waals surface area contributed by atoms with Gasteiger partial charge in [0.25, 0.3) is 6.47 Å². The fourth-order valence-electron chi connectivity index (χ4n) is 1.32. The zero-order valence-electron chi connectivity index (χ0n) is 9.09. The van der Waals surface area contributed by atoms with Gasteiger partial charge < -0.3 is 9.47 Å². The first kappa shape index (κ1) is 12.2. The van der Waals surface area contributed by atoms with Crippen molar-refractivity contribution in [2.45, 2.75) is 19.4 Å². The van der Waals surface area contributed by atoms with Crippen LogP contribution in [-0.2, 0) is 25.5 Å². The van der Waals surface area contributed by atoms with Gasteiger partial charge in [-0.2, -0.15) is 0 Å². The van der Waals surface area contributed by atoms with Crippen molar-refractivity contribution in [1.82, 2.24) is 0 Å². The number of benzene rings is 1. The van der Waals surface area contributed by atoms with Crippen LogP contribution in [0.25, 0.3) is 0 Å². The molecule has 0 bridgehead atoms. The average molecular weight is 222 g/mol. The lowest BCUT2D eigenvalue weighted by atomic mass is 10.1. The van der Waals surface area contributed by atoms with E-state index in [-0.39, 0.29) is 13.1 Å². The number of esters is 1. The fourth-order valence-corrected chi connectivity index (χ4v) is 1.32. The Morgan fingerprint density at radius 1 is 1.38 bits per heavy atom. The minimum Gasteiger partial charge on any atom is -0.463 e. The van der Waals surface area contributed by atoms with Crippen molar-refractivity contribution >= 4 is 12.4 Å². The molecule has 0 aliphatic rings. The minimum absolute atomic E-state index is 0.268. The van der Waals surface area contributed by atoms with E-state index in [1.807, 2.05) is 30.3 Å². The summed E-state index contributed by atoms with van der Waals surface area (Å²) in [5, 5.41) is 0. The highest BCUT2D eigenvalue weighted by atomic mass is 16.6. The van der Waals surface area contributed by atoms with Crippen LogP contribution >= 0.6 is 0 Å². The van der Waals surface area contributed by atoms with E-state index in [1.165, 1.54) is 0 Å². The van der Waals surface area contributed by atoms with Crippen LogP contribution in [0.3, 0.4) is 0 Å². The molecule has 86 valence electrons. The summed E-state index contributed by atoms with van der Waals surface area (Å²) in [5.41, 5.74) is 0.919. The van der Waals surface area contributed by atoms with E-state index < -0.39 is 12.1 Å². The Balaban J connectivity index is 2.64. The van der Waals surface area contributed by atoms with Crippen LogP contribution in [0.15, 0.2) is 30.3 Å². The molecule has 1 atom stereocenters. The SMILES string of the molecule is CCOC(=O)C(Cc1ccccc1)OC=O. The van der Waals surface area contributed by atoms with E-state index in [0.717, 1.165) is 5.56 Å². The minimum atomic E-state index is -0.861. The summed E-state index contributed by atoms with van der Waals surface area (Å²) in [6, 6.07) is 9.32. The van der Waals surface area contributed by atoms with Crippen molar-refractivity contribution in [3.05, 3.63) is 35.9 Å². The summed E-state index contributed by atoms with van der Waals surface area (Å²) in [5.74, 6) is -0.515. The number of rotatable bonds is 6. The summed E-state index contributed by atoms with van der Waals surface area (Å²) < 4.78 is 9.51. The average Bonchev–Trinajstić information content (AvgIpc) is 2.30. The van der Waals surface area contributed by atoms with Gasteiger partial charge in [0.2, 0.25) is 6.10 Å². The zero-order chi connectivity index (χ0) is 11.8. The second-order valence-electron chi connectivity index (χ2n) is 3.16. The van der Waals surface area contributed by atoms with E-state index in [1.54, 1.807) is 6.92 Å². The highest BCUT2D eigenvalue weighted by Gasteiger charge is 2.21. The number of ether oxygens (including phenoxy) is 2. The van der Waals surface area contributed by atoms with Crippen LogP contribution in [-0.4, -0.2) is 25.2 Å². The Kier molecular flexibility index (Phi) is 5.05. The van der Waals surface area contributed by atoms with Gasteiger partial charge in [-0.3, -0.25) is 4.79 Å². The molecule has 16 heavy (non-hydrogen) atoms. The normalized spacial score (nSPS) is 11.6. The van der Waals surface area contributed by atoms with Crippen LogP contribution in [0, 0.1) is 0 Å². The quantitative estimate of drug-likeness (QED) is 0.538.